The lowest BCUT2D eigenvalue weighted by Gasteiger charge is -2.33. The maximum absolute atomic E-state index is 13.2. The topological polar surface area (TPSA) is 38.3 Å². The second-order valence-electron chi connectivity index (χ2n) is 4.35. The van der Waals surface area contributed by atoms with Gasteiger partial charge < -0.3 is 10.1 Å². The van der Waals surface area contributed by atoms with E-state index in [1.54, 1.807) is 0 Å². The van der Waals surface area contributed by atoms with Crippen molar-refractivity contribution in [3.63, 3.8) is 0 Å². The third kappa shape index (κ3) is 1.26. The third-order valence-corrected chi connectivity index (χ3v) is 3.33. The van der Waals surface area contributed by atoms with Crippen molar-refractivity contribution in [3.05, 3.63) is 35.1 Å². The molecule has 3 nitrogen and oxygen atoms in total. The molecule has 2 aliphatic rings. The predicted molar refractivity (Wildman–Crippen MR) is 55.6 cm³/mol. The fraction of sp³-hybridized carbons (Fsp3) is 0.417. The van der Waals surface area contributed by atoms with Crippen LogP contribution in [0.2, 0.25) is 0 Å². The van der Waals surface area contributed by atoms with Crippen molar-refractivity contribution in [2.75, 3.05) is 13.1 Å². The highest BCUT2D eigenvalue weighted by atomic mass is 19.1. The van der Waals surface area contributed by atoms with Gasteiger partial charge in [-0.3, -0.25) is 0 Å². The van der Waals surface area contributed by atoms with Crippen LogP contribution in [0.4, 0.5) is 4.39 Å². The summed E-state index contributed by atoms with van der Waals surface area (Å²) in [6.45, 7) is 1.50. The lowest BCUT2D eigenvalue weighted by molar-refractivity contribution is -0.0204. The van der Waals surface area contributed by atoms with E-state index in [4.69, 9.17) is 4.74 Å². The second-order valence-corrected chi connectivity index (χ2v) is 4.35. The molecule has 3 rings (SSSR count). The molecule has 0 aliphatic carbocycles. The molecule has 16 heavy (non-hydrogen) atoms. The molecule has 2 aliphatic heterocycles. The third-order valence-electron chi connectivity index (χ3n) is 3.33. The van der Waals surface area contributed by atoms with Crippen LogP contribution in [-0.4, -0.2) is 19.1 Å². The van der Waals surface area contributed by atoms with Crippen LogP contribution in [0.1, 0.15) is 28.8 Å². The zero-order chi connectivity index (χ0) is 11.2. The number of esters is 1. The Labute approximate surface area is 92.6 Å². The molecular weight excluding hydrogens is 209 g/mol. The number of hydrogen-bond acceptors (Lipinski definition) is 3. The predicted octanol–water partition coefficient (Wildman–Crippen LogP) is 1.57. The maximum atomic E-state index is 13.2. The van der Waals surface area contributed by atoms with Crippen LogP contribution < -0.4 is 5.32 Å². The van der Waals surface area contributed by atoms with Crippen LogP contribution in [0.5, 0.6) is 0 Å². The van der Waals surface area contributed by atoms with Gasteiger partial charge >= 0.3 is 5.97 Å². The Balaban J connectivity index is 2.12. The highest BCUT2D eigenvalue weighted by Gasteiger charge is 2.46. The number of benzene rings is 1. The summed E-state index contributed by atoms with van der Waals surface area (Å²) in [5.41, 5.74) is 0.571. The highest BCUT2D eigenvalue weighted by Crippen LogP contribution is 2.41. The van der Waals surface area contributed by atoms with Gasteiger partial charge in [0.15, 0.2) is 5.60 Å². The number of rotatable bonds is 0. The summed E-state index contributed by atoms with van der Waals surface area (Å²) in [4.78, 5) is 11.7. The molecule has 1 aromatic rings. The molecule has 1 spiro atoms. The molecule has 1 saturated heterocycles. The molecule has 1 fully saturated rings. The summed E-state index contributed by atoms with van der Waals surface area (Å²) in [6.07, 6.45) is 1.70. The molecule has 1 atom stereocenters. The summed E-state index contributed by atoms with van der Waals surface area (Å²) in [6, 6.07) is 4.24. The number of piperidine rings is 1. The number of fused-ring (bicyclic) bond motifs is 2. The van der Waals surface area contributed by atoms with Gasteiger partial charge in [-0.05, 0) is 37.6 Å². The van der Waals surface area contributed by atoms with Gasteiger partial charge in [0.25, 0.3) is 0 Å². The van der Waals surface area contributed by atoms with Crippen LogP contribution in [0.15, 0.2) is 18.2 Å². The Kier molecular flexibility index (Phi) is 2.01. The van der Waals surface area contributed by atoms with Crippen LogP contribution in [-0.2, 0) is 10.3 Å². The number of ether oxygens (including phenoxy) is 1. The highest BCUT2D eigenvalue weighted by molar-refractivity contribution is 5.94. The number of carbonyl (C=O) groups is 1. The first kappa shape index (κ1) is 9.78. The molecule has 0 radical (unpaired) electrons. The molecule has 1 N–H and O–H groups in total. The van der Waals surface area contributed by atoms with Crippen LogP contribution in [0.25, 0.3) is 0 Å². The molecule has 4 heteroatoms. The number of halogens is 1. The summed E-state index contributed by atoms with van der Waals surface area (Å²) in [5.74, 6) is -0.652. The molecular formula is C12H12FNO2. The van der Waals surface area contributed by atoms with Crippen LogP contribution in [0.3, 0.4) is 0 Å². The van der Waals surface area contributed by atoms with E-state index in [1.807, 2.05) is 0 Å². The van der Waals surface area contributed by atoms with Crippen molar-refractivity contribution in [3.8, 4) is 0 Å². The van der Waals surface area contributed by atoms with E-state index in [0.717, 1.165) is 19.4 Å². The van der Waals surface area contributed by atoms with Gasteiger partial charge in [-0.2, -0.15) is 0 Å². The molecule has 1 aromatic carbocycles. The van der Waals surface area contributed by atoms with Gasteiger partial charge in [0, 0.05) is 12.1 Å². The summed E-state index contributed by atoms with van der Waals surface area (Å²) >= 11 is 0. The zero-order valence-corrected chi connectivity index (χ0v) is 8.75. The molecule has 0 saturated carbocycles. The first-order valence-corrected chi connectivity index (χ1v) is 5.45. The van der Waals surface area contributed by atoms with Crippen LogP contribution in [0, 0.1) is 5.82 Å². The smallest absolute Gasteiger partial charge is 0.339 e. The van der Waals surface area contributed by atoms with E-state index < -0.39 is 5.60 Å². The quantitative estimate of drug-likeness (QED) is 0.676. The average Bonchev–Trinajstić information content (AvgIpc) is 2.53. The SMILES string of the molecule is O=C1OC2(CCCNC2)c2cc(F)ccc21. The molecule has 0 aromatic heterocycles. The van der Waals surface area contributed by atoms with Gasteiger partial charge in [0.2, 0.25) is 0 Å². The van der Waals surface area contributed by atoms with Gasteiger partial charge in [0.1, 0.15) is 5.82 Å². The van der Waals surface area contributed by atoms with E-state index in [1.165, 1.54) is 18.2 Å². The van der Waals surface area contributed by atoms with Crippen molar-refractivity contribution < 1.29 is 13.9 Å². The monoisotopic (exact) mass is 221 g/mol. The Morgan fingerprint density at radius 2 is 2.31 bits per heavy atom. The largest absolute Gasteiger partial charge is 0.449 e. The van der Waals surface area contributed by atoms with Crippen molar-refractivity contribution in [1.82, 2.24) is 5.32 Å². The fourth-order valence-electron chi connectivity index (χ4n) is 2.55. The van der Waals surface area contributed by atoms with E-state index >= 15 is 0 Å². The van der Waals surface area contributed by atoms with E-state index in [2.05, 4.69) is 5.32 Å². The molecule has 1 unspecified atom stereocenters. The van der Waals surface area contributed by atoms with Crippen molar-refractivity contribution >= 4 is 5.97 Å². The minimum Gasteiger partial charge on any atom is -0.449 e. The second kappa shape index (κ2) is 3.28. The standard InChI is InChI=1S/C12H12FNO2/c13-8-2-3-9-10(6-8)12(16-11(9)15)4-1-5-14-7-12/h2-3,6,14H,1,4-5,7H2. The summed E-state index contributed by atoms with van der Waals surface area (Å²) in [5, 5.41) is 3.20. The summed E-state index contributed by atoms with van der Waals surface area (Å²) in [7, 11) is 0. The number of hydrogen-bond donors (Lipinski definition) is 1. The van der Waals surface area contributed by atoms with E-state index in [0.29, 0.717) is 17.7 Å². The first-order valence-electron chi connectivity index (χ1n) is 5.45. The molecule has 84 valence electrons. The average molecular weight is 221 g/mol. The molecule has 2 heterocycles. The normalized spacial score (nSPS) is 27.9. The van der Waals surface area contributed by atoms with Gasteiger partial charge in [-0.1, -0.05) is 0 Å². The van der Waals surface area contributed by atoms with Crippen molar-refractivity contribution in [2.24, 2.45) is 0 Å². The van der Waals surface area contributed by atoms with Crippen molar-refractivity contribution in [2.45, 2.75) is 18.4 Å². The number of carbonyl (C=O) groups excluding carboxylic acids is 1. The van der Waals surface area contributed by atoms with Crippen molar-refractivity contribution in [1.29, 1.82) is 0 Å². The maximum Gasteiger partial charge on any atom is 0.339 e. The Bertz CT molecular complexity index is 452. The minimum atomic E-state index is -0.632. The summed E-state index contributed by atoms with van der Waals surface area (Å²) < 4.78 is 18.7. The van der Waals surface area contributed by atoms with E-state index in [-0.39, 0.29) is 11.8 Å². The molecule has 0 bridgehead atoms. The minimum absolute atomic E-state index is 0.318. The van der Waals surface area contributed by atoms with Gasteiger partial charge in [0.05, 0.1) is 5.56 Å². The number of nitrogens with one attached hydrogen (secondary N) is 1. The Morgan fingerprint density at radius 3 is 3.06 bits per heavy atom. The van der Waals surface area contributed by atoms with E-state index in [9.17, 15) is 9.18 Å². The van der Waals surface area contributed by atoms with Gasteiger partial charge in [-0.25, -0.2) is 9.18 Å². The Morgan fingerprint density at radius 1 is 1.44 bits per heavy atom. The lowest BCUT2D eigenvalue weighted by atomic mass is 9.86. The molecule has 0 amide bonds. The lowest BCUT2D eigenvalue weighted by Crippen LogP contribution is -2.43. The van der Waals surface area contributed by atoms with Crippen LogP contribution >= 0.6 is 0 Å². The Hall–Kier alpha value is -1.42. The zero-order valence-electron chi connectivity index (χ0n) is 8.75. The van der Waals surface area contributed by atoms with Gasteiger partial charge in [-0.15, -0.1) is 0 Å². The fourth-order valence-corrected chi connectivity index (χ4v) is 2.55. The first-order chi connectivity index (χ1) is 7.71.